The van der Waals surface area contributed by atoms with Crippen molar-refractivity contribution < 1.29 is 19.2 Å². The van der Waals surface area contributed by atoms with Crippen LogP contribution in [0.1, 0.15) is 40.5 Å². The minimum absolute atomic E-state index is 0.117. The van der Waals surface area contributed by atoms with Gasteiger partial charge in [0.2, 0.25) is 0 Å². The quantitative estimate of drug-likeness (QED) is 0.249. The highest BCUT2D eigenvalue weighted by molar-refractivity contribution is 5.81. The van der Waals surface area contributed by atoms with Crippen molar-refractivity contribution >= 4 is 17.8 Å². The Morgan fingerprint density at radius 3 is 2.56 bits per heavy atom. The van der Waals surface area contributed by atoms with E-state index in [1.165, 1.54) is 0 Å². The van der Waals surface area contributed by atoms with Crippen molar-refractivity contribution in [1.29, 1.82) is 0 Å². The average Bonchev–Trinajstić information content (AvgIpc) is 2.39. The molecular weight excluding hydrogens is 236 g/mol. The molecule has 0 aliphatic carbocycles. The SMILES string of the molecule is CC/C(C)=N\OC(=O)NCCOC(=O)C(C)CC. The Hall–Kier alpha value is -1.59. The fourth-order valence-corrected chi connectivity index (χ4v) is 0.830. The fourth-order valence-electron chi connectivity index (χ4n) is 0.830. The van der Waals surface area contributed by atoms with Gasteiger partial charge in [0.1, 0.15) is 6.61 Å². The summed E-state index contributed by atoms with van der Waals surface area (Å²) in [6, 6.07) is 0. The van der Waals surface area contributed by atoms with Crippen LogP contribution in [0, 0.1) is 5.92 Å². The molecule has 0 aromatic heterocycles. The van der Waals surface area contributed by atoms with Crippen LogP contribution < -0.4 is 5.32 Å². The molecule has 104 valence electrons. The van der Waals surface area contributed by atoms with Crippen LogP contribution >= 0.6 is 0 Å². The molecule has 1 amide bonds. The lowest BCUT2D eigenvalue weighted by atomic mass is 10.1. The fraction of sp³-hybridized carbons (Fsp3) is 0.750. The molecule has 6 nitrogen and oxygen atoms in total. The van der Waals surface area contributed by atoms with Gasteiger partial charge >= 0.3 is 12.1 Å². The number of esters is 1. The Balaban J connectivity index is 3.67. The topological polar surface area (TPSA) is 77.0 Å². The van der Waals surface area contributed by atoms with Gasteiger partial charge in [-0.25, -0.2) is 4.79 Å². The van der Waals surface area contributed by atoms with E-state index in [1.807, 2.05) is 13.8 Å². The Kier molecular flexibility index (Phi) is 8.61. The number of ether oxygens (including phenoxy) is 1. The van der Waals surface area contributed by atoms with Gasteiger partial charge in [-0.05, 0) is 19.8 Å². The first-order valence-electron chi connectivity index (χ1n) is 6.16. The maximum absolute atomic E-state index is 11.3. The molecule has 0 saturated carbocycles. The normalized spacial score (nSPS) is 12.8. The smallest absolute Gasteiger partial charge is 0.433 e. The molecule has 0 bridgehead atoms. The summed E-state index contributed by atoms with van der Waals surface area (Å²) in [6.07, 6.45) is 0.807. The molecule has 1 unspecified atom stereocenters. The van der Waals surface area contributed by atoms with Gasteiger partial charge in [0.05, 0.1) is 18.2 Å². The third-order valence-corrected chi connectivity index (χ3v) is 2.43. The summed E-state index contributed by atoms with van der Waals surface area (Å²) in [5.41, 5.74) is 0.730. The van der Waals surface area contributed by atoms with Gasteiger partial charge in [-0.15, -0.1) is 0 Å². The lowest BCUT2D eigenvalue weighted by molar-refractivity contribution is -0.147. The van der Waals surface area contributed by atoms with Crippen molar-refractivity contribution in [2.24, 2.45) is 11.1 Å². The monoisotopic (exact) mass is 258 g/mol. The molecule has 0 aromatic rings. The van der Waals surface area contributed by atoms with E-state index in [4.69, 9.17) is 4.74 Å². The zero-order valence-electron chi connectivity index (χ0n) is 11.5. The average molecular weight is 258 g/mol. The van der Waals surface area contributed by atoms with Crippen LogP contribution in [-0.4, -0.2) is 30.9 Å². The molecule has 0 rings (SSSR count). The highest BCUT2D eigenvalue weighted by atomic mass is 16.7. The molecule has 0 spiro atoms. The van der Waals surface area contributed by atoms with Crippen LogP contribution in [0.4, 0.5) is 4.79 Å². The summed E-state index contributed by atoms with van der Waals surface area (Å²) >= 11 is 0. The molecular formula is C12H22N2O4. The van der Waals surface area contributed by atoms with Crippen LogP contribution in [0.15, 0.2) is 5.16 Å². The van der Waals surface area contributed by atoms with Gasteiger partial charge in [0.15, 0.2) is 0 Å². The number of hydrogen-bond acceptors (Lipinski definition) is 5. The zero-order valence-corrected chi connectivity index (χ0v) is 11.5. The van der Waals surface area contributed by atoms with Crippen molar-refractivity contribution in [1.82, 2.24) is 5.32 Å². The Morgan fingerprint density at radius 1 is 1.33 bits per heavy atom. The third kappa shape index (κ3) is 7.65. The van der Waals surface area contributed by atoms with Gasteiger partial charge in [-0.3, -0.25) is 9.63 Å². The minimum atomic E-state index is -0.651. The van der Waals surface area contributed by atoms with Crippen LogP contribution in [0.3, 0.4) is 0 Å². The van der Waals surface area contributed by atoms with Gasteiger partial charge in [0.25, 0.3) is 0 Å². The molecule has 18 heavy (non-hydrogen) atoms. The summed E-state index contributed by atoms with van der Waals surface area (Å²) < 4.78 is 4.95. The van der Waals surface area contributed by atoms with Crippen LogP contribution in [0.5, 0.6) is 0 Å². The third-order valence-electron chi connectivity index (χ3n) is 2.43. The van der Waals surface area contributed by atoms with Gasteiger partial charge < -0.3 is 10.1 Å². The Labute approximate surface area is 108 Å². The molecule has 1 N–H and O–H groups in total. The number of oxime groups is 1. The van der Waals surface area contributed by atoms with Gasteiger partial charge in [-0.1, -0.05) is 25.9 Å². The Morgan fingerprint density at radius 2 is 2.00 bits per heavy atom. The highest BCUT2D eigenvalue weighted by Gasteiger charge is 2.11. The summed E-state index contributed by atoms with van der Waals surface area (Å²) in [4.78, 5) is 27.0. The van der Waals surface area contributed by atoms with E-state index >= 15 is 0 Å². The molecule has 0 aromatic carbocycles. The van der Waals surface area contributed by atoms with Crippen molar-refractivity contribution in [3.8, 4) is 0 Å². The van der Waals surface area contributed by atoms with Crippen molar-refractivity contribution in [2.45, 2.75) is 40.5 Å². The maximum Gasteiger partial charge on any atom is 0.433 e. The van der Waals surface area contributed by atoms with E-state index in [0.717, 1.165) is 18.6 Å². The standard InChI is InChI=1S/C12H22N2O4/c1-5-9(3)11(15)17-8-7-13-12(16)18-14-10(4)6-2/h9H,5-8H2,1-4H3,(H,13,16)/b14-10-. The van der Waals surface area contributed by atoms with Crippen LogP contribution in [-0.2, 0) is 14.4 Å². The van der Waals surface area contributed by atoms with Gasteiger partial charge in [-0.2, -0.15) is 0 Å². The van der Waals surface area contributed by atoms with E-state index in [1.54, 1.807) is 13.8 Å². The largest absolute Gasteiger partial charge is 0.464 e. The summed E-state index contributed by atoms with van der Waals surface area (Å²) in [5, 5.41) is 6.02. The number of rotatable bonds is 7. The maximum atomic E-state index is 11.3. The predicted molar refractivity (Wildman–Crippen MR) is 68.3 cm³/mol. The molecule has 0 fully saturated rings. The summed E-state index contributed by atoms with van der Waals surface area (Å²) in [6.45, 7) is 7.73. The lowest BCUT2D eigenvalue weighted by Gasteiger charge is -2.09. The minimum Gasteiger partial charge on any atom is -0.464 e. The first kappa shape index (κ1) is 16.4. The number of carbonyl (C=O) groups is 2. The van der Waals surface area contributed by atoms with E-state index in [-0.39, 0.29) is 25.0 Å². The highest BCUT2D eigenvalue weighted by Crippen LogP contribution is 2.02. The molecule has 0 aliphatic heterocycles. The van der Waals surface area contributed by atoms with Crippen LogP contribution in [0.25, 0.3) is 0 Å². The first-order valence-corrected chi connectivity index (χ1v) is 6.16. The molecule has 0 radical (unpaired) electrons. The molecule has 0 saturated heterocycles. The number of nitrogens with one attached hydrogen (secondary N) is 1. The van der Waals surface area contributed by atoms with E-state index in [0.29, 0.717) is 0 Å². The summed E-state index contributed by atoms with van der Waals surface area (Å²) in [7, 11) is 0. The van der Waals surface area contributed by atoms with E-state index in [9.17, 15) is 9.59 Å². The van der Waals surface area contributed by atoms with E-state index < -0.39 is 6.09 Å². The molecule has 0 heterocycles. The van der Waals surface area contributed by atoms with Crippen molar-refractivity contribution in [2.75, 3.05) is 13.2 Å². The van der Waals surface area contributed by atoms with E-state index in [2.05, 4.69) is 15.3 Å². The number of nitrogens with zero attached hydrogens (tertiary/aromatic N) is 1. The van der Waals surface area contributed by atoms with Crippen LogP contribution in [0.2, 0.25) is 0 Å². The summed E-state index contributed by atoms with van der Waals surface area (Å²) in [5.74, 6) is -0.374. The predicted octanol–water partition coefficient (Wildman–Crippen LogP) is 2.09. The Bertz CT molecular complexity index is 302. The molecule has 0 aliphatic rings. The second kappa shape index (κ2) is 9.44. The first-order chi connectivity index (χ1) is 8.51. The molecule has 1 atom stereocenters. The zero-order chi connectivity index (χ0) is 14.0. The number of carbonyl (C=O) groups excluding carboxylic acids is 2. The lowest BCUT2D eigenvalue weighted by Crippen LogP contribution is -2.28. The number of amides is 1. The second-order valence-corrected chi connectivity index (χ2v) is 3.96. The van der Waals surface area contributed by atoms with Crippen molar-refractivity contribution in [3.63, 3.8) is 0 Å². The van der Waals surface area contributed by atoms with Gasteiger partial charge in [0, 0.05) is 0 Å². The number of hydrogen-bond donors (Lipinski definition) is 1. The second-order valence-electron chi connectivity index (χ2n) is 3.96. The molecule has 6 heteroatoms. The van der Waals surface area contributed by atoms with Crippen molar-refractivity contribution in [3.05, 3.63) is 0 Å².